The predicted molar refractivity (Wildman–Crippen MR) is 90.5 cm³/mol. The fourth-order valence-electron chi connectivity index (χ4n) is 2.48. The summed E-state index contributed by atoms with van der Waals surface area (Å²) in [5.74, 6) is -0.0103. The number of aryl methyl sites for hydroxylation is 1. The van der Waals surface area contributed by atoms with Crippen LogP contribution in [0.4, 0.5) is 5.69 Å². The number of amides is 2. The molecule has 1 aromatic rings. The van der Waals surface area contributed by atoms with Crippen LogP contribution in [0.5, 0.6) is 0 Å². The molecule has 23 heavy (non-hydrogen) atoms. The van der Waals surface area contributed by atoms with Crippen LogP contribution >= 0.6 is 0 Å². The van der Waals surface area contributed by atoms with Crippen LogP contribution in [0.15, 0.2) is 29.3 Å². The van der Waals surface area contributed by atoms with Crippen molar-refractivity contribution < 1.29 is 9.59 Å². The van der Waals surface area contributed by atoms with Gasteiger partial charge >= 0.3 is 0 Å². The summed E-state index contributed by atoms with van der Waals surface area (Å²) >= 11 is 0. The molecule has 1 atom stereocenters. The summed E-state index contributed by atoms with van der Waals surface area (Å²) in [5, 5.41) is 5.36. The third-order valence-electron chi connectivity index (χ3n) is 3.86. The van der Waals surface area contributed by atoms with Gasteiger partial charge in [0.25, 0.3) is 0 Å². The smallest absolute Gasteiger partial charge is 0.239 e. The maximum absolute atomic E-state index is 11.8. The van der Waals surface area contributed by atoms with Crippen molar-refractivity contribution in [3.8, 4) is 0 Å². The SMILES string of the molecule is C[C@H]1NC(=O)CNC(=O)CCCCCc2ccccc2N=C1N. The molecule has 4 N–H and O–H groups in total. The van der Waals surface area contributed by atoms with E-state index in [9.17, 15) is 9.59 Å². The number of hydrogen-bond donors (Lipinski definition) is 3. The van der Waals surface area contributed by atoms with Gasteiger partial charge in [-0.15, -0.1) is 0 Å². The molecule has 2 rings (SSSR count). The molecule has 0 aromatic heterocycles. The number of para-hydroxylation sites is 1. The maximum Gasteiger partial charge on any atom is 0.239 e. The highest BCUT2D eigenvalue weighted by molar-refractivity contribution is 5.93. The molecule has 0 fully saturated rings. The van der Waals surface area contributed by atoms with Crippen LogP contribution in [-0.2, 0) is 16.0 Å². The van der Waals surface area contributed by atoms with E-state index in [4.69, 9.17) is 5.73 Å². The van der Waals surface area contributed by atoms with E-state index >= 15 is 0 Å². The number of hydrogen-bond acceptors (Lipinski definition) is 4. The first-order chi connectivity index (χ1) is 11.1. The summed E-state index contributed by atoms with van der Waals surface area (Å²) in [6.07, 6.45) is 4.12. The van der Waals surface area contributed by atoms with Gasteiger partial charge in [-0.3, -0.25) is 9.59 Å². The lowest BCUT2D eigenvalue weighted by Crippen LogP contribution is -2.46. The first-order valence-electron chi connectivity index (χ1n) is 8.04. The van der Waals surface area contributed by atoms with Gasteiger partial charge in [0.1, 0.15) is 5.84 Å². The Morgan fingerprint density at radius 3 is 2.65 bits per heavy atom. The normalized spacial score (nSPS) is 21.1. The monoisotopic (exact) mass is 316 g/mol. The van der Waals surface area contributed by atoms with Crippen molar-refractivity contribution in [1.29, 1.82) is 0 Å². The van der Waals surface area contributed by atoms with Crippen LogP contribution in [0.3, 0.4) is 0 Å². The van der Waals surface area contributed by atoms with E-state index in [1.807, 2.05) is 24.3 Å². The van der Waals surface area contributed by atoms with E-state index in [0.29, 0.717) is 12.3 Å². The quantitative estimate of drug-likeness (QED) is 0.675. The average molecular weight is 316 g/mol. The summed E-state index contributed by atoms with van der Waals surface area (Å²) in [6, 6.07) is 7.49. The molecule has 0 saturated carbocycles. The van der Waals surface area contributed by atoms with Gasteiger partial charge in [0, 0.05) is 6.42 Å². The van der Waals surface area contributed by atoms with Gasteiger partial charge in [-0.1, -0.05) is 24.6 Å². The molecule has 1 aliphatic heterocycles. The van der Waals surface area contributed by atoms with Gasteiger partial charge in [0.2, 0.25) is 11.8 Å². The zero-order valence-corrected chi connectivity index (χ0v) is 13.5. The Morgan fingerprint density at radius 2 is 1.83 bits per heavy atom. The van der Waals surface area contributed by atoms with Crippen molar-refractivity contribution >= 4 is 23.3 Å². The lowest BCUT2D eigenvalue weighted by molar-refractivity contribution is -0.126. The number of nitrogens with two attached hydrogens (primary N) is 1. The number of fused-ring (bicyclic) bond motifs is 1. The number of carbonyl (C=O) groups is 2. The molecule has 1 aromatic carbocycles. The number of amidine groups is 1. The molecule has 0 bridgehead atoms. The second kappa shape index (κ2) is 8.31. The minimum Gasteiger partial charge on any atom is -0.385 e. The summed E-state index contributed by atoms with van der Waals surface area (Å²) in [7, 11) is 0. The Balaban J connectivity index is 2.19. The Morgan fingerprint density at radius 1 is 1.09 bits per heavy atom. The van der Waals surface area contributed by atoms with Crippen LogP contribution < -0.4 is 16.4 Å². The largest absolute Gasteiger partial charge is 0.385 e. The third-order valence-corrected chi connectivity index (χ3v) is 3.86. The summed E-state index contributed by atoms with van der Waals surface area (Å²) in [5.41, 5.74) is 7.99. The van der Waals surface area contributed by atoms with Gasteiger partial charge in [0.15, 0.2) is 0 Å². The standard InChI is InChI=1S/C17H24N4O2/c1-12-17(18)21-14-9-6-5-8-13(14)7-3-2-4-10-15(22)19-11-16(23)20-12/h5-6,8-9,12H,2-4,7,10-11H2,1H3,(H2,18,21)(H,19,22)(H,20,23)/t12-/m1/s1. The molecule has 2 amide bonds. The van der Waals surface area contributed by atoms with E-state index < -0.39 is 6.04 Å². The summed E-state index contributed by atoms with van der Waals surface area (Å²) in [6.45, 7) is 1.74. The molecule has 1 heterocycles. The van der Waals surface area contributed by atoms with Crippen molar-refractivity contribution in [3.63, 3.8) is 0 Å². The Bertz CT molecular complexity index is 598. The lowest BCUT2D eigenvalue weighted by Gasteiger charge is -2.14. The second-order valence-corrected chi connectivity index (χ2v) is 5.79. The number of benzene rings is 1. The number of aliphatic imine (C=N–C) groups is 1. The van der Waals surface area contributed by atoms with Crippen molar-refractivity contribution in [2.24, 2.45) is 10.7 Å². The molecule has 124 valence electrons. The van der Waals surface area contributed by atoms with Crippen molar-refractivity contribution in [3.05, 3.63) is 29.8 Å². The minimum atomic E-state index is -0.391. The molecular weight excluding hydrogens is 292 g/mol. The molecule has 0 radical (unpaired) electrons. The third kappa shape index (κ3) is 5.39. The van der Waals surface area contributed by atoms with E-state index in [0.717, 1.165) is 36.9 Å². The molecule has 6 heteroatoms. The molecule has 0 spiro atoms. The Hall–Kier alpha value is -2.37. The fraction of sp³-hybridized carbons (Fsp3) is 0.471. The highest BCUT2D eigenvalue weighted by Gasteiger charge is 2.13. The fourth-order valence-corrected chi connectivity index (χ4v) is 2.48. The second-order valence-electron chi connectivity index (χ2n) is 5.79. The highest BCUT2D eigenvalue weighted by Crippen LogP contribution is 2.21. The van der Waals surface area contributed by atoms with Crippen LogP contribution in [0.25, 0.3) is 0 Å². The number of rotatable bonds is 0. The van der Waals surface area contributed by atoms with Crippen molar-refractivity contribution in [1.82, 2.24) is 10.6 Å². The molecular formula is C17H24N4O2. The van der Waals surface area contributed by atoms with Crippen LogP contribution in [0, 0.1) is 0 Å². The van der Waals surface area contributed by atoms with Crippen LogP contribution in [0.1, 0.15) is 38.2 Å². The Labute approximate surface area is 136 Å². The van der Waals surface area contributed by atoms with Gasteiger partial charge < -0.3 is 16.4 Å². The van der Waals surface area contributed by atoms with Gasteiger partial charge in [0.05, 0.1) is 18.3 Å². The zero-order chi connectivity index (χ0) is 16.7. The van der Waals surface area contributed by atoms with E-state index in [1.54, 1.807) is 6.92 Å². The lowest BCUT2D eigenvalue weighted by atomic mass is 10.0. The van der Waals surface area contributed by atoms with Crippen molar-refractivity contribution in [2.75, 3.05) is 6.54 Å². The van der Waals surface area contributed by atoms with Crippen molar-refractivity contribution in [2.45, 2.75) is 45.1 Å². The van der Waals surface area contributed by atoms with Crippen LogP contribution in [-0.4, -0.2) is 30.2 Å². The molecule has 0 aliphatic carbocycles. The maximum atomic E-state index is 11.8. The molecule has 0 saturated heterocycles. The van der Waals surface area contributed by atoms with Gasteiger partial charge in [-0.25, -0.2) is 4.99 Å². The number of carbonyl (C=O) groups excluding carboxylic acids is 2. The van der Waals surface area contributed by atoms with E-state index in [1.165, 1.54) is 0 Å². The number of nitrogens with one attached hydrogen (secondary N) is 2. The number of nitrogens with zero attached hydrogens (tertiary/aromatic N) is 1. The summed E-state index contributed by atoms with van der Waals surface area (Å²) in [4.78, 5) is 28.0. The van der Waals surface area contributed by atoms with Crippen LogP contribution in [0.2, 0.25) is 0 Å². The van der Waals surface area contributed by atoms with E-state index in [-0.39, 0.29) is 18.4 Å². The first kappa shape index (κ1) is 17.0. The average Bonchev–Trinajstić information content (AvgIpc) is 2.53. The van der Waals surface area contributed by atoms with E-state index in [2.05, 4.69) is 15.6 Å². The topological polar surface area (TPSA) is 96.6 Å². The molecule has 6 nitrogen and oxygen atoms in total. The molecule has 0 unspecified atom stereocenters. The summed E-state index contributed by atoms with van der Waals surface area (Å²) < 4.78 is 0. The zero-order valence-electron chi connectivity index (χ0n) is 13.5. The first-order valence-corrected chi connectivity index (χ1v) is 8.04. The van der Waals surface area contributed by atoms with Gasteiger partial charge in [-0.05, 0) is 37.8 Å². The van der Waals surface area contributed by atoms with Gasteiger partial charge in [-0.2, -0.15) is 0 Å². The Kier molecular flexibility index (Phi) is 6.14. The highest BCUT2D eigenvalue weighted by atomic mass is 16.2. The predicted octanol–water partition coefficient (Wildman–Crippen LogP) is 1.41. The minimum absolute atomic E-state index is 0.0347. The molecule has 1 aliphatic rings.